The molecule has 2 N–H and O–H groups in total. The van der Waals surface area contributed by atoms with Crippen LogP contribution in [0.25, 0.3) is 11.1 Å². The highest BCUT2D eigenvalue weighted by molar-refractivity contribution is 5.79. The maximum atomic E-state index is 12.0. The zero-order chi connectivity index (χ0) is 27.9. The topological polar surface area (TPSA) is 58.9 Å². The van der Waals surface area contributed by atoms with Gasteiger partial charge in [-0.05, 0) is 72.3 Å². The van der Waals surface area contributed by atoms with Gasteiger partial charge in [0.05, 0.1) is 11.2 Å². The van der Waals surface area contributed by atoms with Crippen molar-refractivity contribution < 1.29 is 19.7 Å². The molecule has 2 aliphatic carbocycles. The highest BCUT2D eigenvalue weighted by Gasteiger charge is 2.45. The van der Waals surface area contributed by atoms with Gasteiger partial charge in [0, 0.05) is 24.0 Å². The Morgan fingerprint density at radius 1 is 0.692 bits per heavy atom. The Labute approximate surface area is 236 Å². The molecule has 0 amide bonds. The fraction of sp³-hybridized carbons (Fsp3) is 0.657. The Hall–Kier alpha value is -2.04. The summed E-state index contributed by atoms with van der Waals surface area (Å²) in [5.41, 5.74) is 2.65. The molecule has 2 aromatic rings. The Kier molecular flexibility index (Phi) is 8.10. The number of hydrogen-bond donors (Lipinski definition) is 2. The number of benzene rings is 2. The van der Waals surface area contributed by atoms with Crippen molar-refractivity contribution in [3.63, 3.8) is 0 Å². The molecule has 1 heterocycles. The second kappa shape index (κ2) is 11.1. The average Bonchev–Trinajstić information content (AvgIpc) is 3.04. The standard InChI is InChI=1S/C35H50O4/c1-22(2)30-15-13-24(5)17-34(30,36)19-26-9-7-11-28-29-12-8-10-27(33(29)39-21-38-32(26)28)20-35(37)18-25(6)14-16-31(35)23(3)4/h7-12,22-25,30-31,36-37H,13-21H2,1-6H3/t24-,25+,30+,31-,34-,35-/m1/s1. The summed E-state index contributed by atoms with van der Waals surface area (Å²) in [4.78, 5) is 0. The van der Waals surface area contributed by atoms with E-state index in [9.17, 15) is 10.2 Å². The molecule has 0 unspecified atom stereocenters. The Morgan fingerprint density at radius 3 is 1.49 bits per heavy atom. The van der Waals surface area contributed by atoms with Crippen LogP contribution in [0.5, 0.6) is 11.5 Å². The van der Waals surface area contributed by atoms with Gasteiger partial charge in [-0.2, -0.15) is 0 Å². The molecule has 0 radical (unpaired) electrons. The molecule has 5 rings (SSSR count). The van der Waals surface area contributed by atoms with Gasteiger partial charge >= 0.3 is 0 Å². The monoisotopic (exact) mass is 534 g/mol. The number of ether oxygens (including phenoxy) is 2. The number of rotatable bonds is 6. The van der Waals surface area contributed by atoms with Gasteiger partial charge < -0.3 is 19.7 Å². The van der Waals surface area contributed by atoms with E-state index in [1.165, 1.54) is 12.8 Å². The van der Waals surface area contributed by atoms with Crippen LogP contribution in [-0.2, 0) is 12.8 Å². The maximum Gasteiger partial charge on any atom is 0.230 e. The van der Waals surface area contributed by atoms with Gasteiger partial charge in [0.2, 0.25) is 6.79 Å². The molecule has 4 nitrogen and oxygen atoms in total. The zero-order valence-electron chi connectivity index (χ0n) is 25.0. The summed E-state index contributed by atoms with van der Waals surface area (Å²) in [5.74, 6) is 4.10. The van der Waals surface area contributed by atoms with Crippen molar-refractivity contribution in [1.29, 1.82) is 0 Å². The molecule has 214 valence electrons. The van der Waals surface area contributed by atoms with Gasteiger partial charge in [-0.3, -0.25) is 0 Å². The third kappa shape index (κ3) is 5.61. The van der Waals surface area contributed by atoms with Crippen molar-refractivity contribution in [2.24, 2.45) is 35.5 Å². The number of para-hydroxylation sites is 2. The minimum atomic E-state index is -0.741. The fourth-order valence-electron chi connectivity index (χ4n) is 8.51. The van der Waals surface area contributed by atoms with Crippen LogP contribution in [-0.4, -0.2) is 28.2 Å². The van der Waals surface area contributed by atoms with Crippen molar-refractivity contribution in [2.45, 2.75) is 104 Å². The minimum Gasteiger partial charge on any atom is -0.457 e. The first-order chi connectivity index (χ1) is 18.5. The Balaban J connectivity index is 1.50. The smallest absolute Gasteiger partial charge is 0.230 e. The summed E-state index contributed by atoms with van der Waals surface area (Å²) in [5, 5.41) is 24.0. The summed E-state index contributed by atoms with van der Waals surface area (Å²) in [6, 6.07) is 12.6. The third-order valence-electron chi connectivity index (χ3n) is 10.2. The van der Waals surface area contributed by atoms with Crippen molar-refractivity contribution >= 4 is 0 Å². The summed E-state index contributed by atoms with van der Waals surface area (Å²) in [7, 11) is 0. The second-order valence-electron chi connectivity index (χ2n) is 14.0. The highest BCUT2D eigenvalue weighted by Crippen LogP contribution is 2.49. The predicted molar refractivity (Wildman–Crippen MR) is 158 cm³/mol. The molecule has 0 saturated heterocycles. The molecular formula is C35H50O4. The summed E-state index contributed by atoms with van der Waals surface area (Å²) >= 11 is 0. The summed E-state index contributed by atoms with van der Waals surface area (Å²) in [6.45, 7) is 13.6. The Morgan fingerprint density at radius 2 is 1.10 bits per heavy atom. The van der Waals surface area contributed by atoms with E-state index >= 15 is 0 Å². The summed E-state index contributed by atoms with van der Waals surface area (Å²) < 4.78 is 12.6. The van der Waals surface area contributed by atoms with Crippen LogP contribution in [0, 0.1) is 35.5 Å². The van der Waals surface area contributed by atoms with Crippen LogP contribution in [0.4, 0.5) is 0 Å². The number of hydrogen-bond acceptors (Lipinski definition) is 4. The first kappa shape index (κ1) is 28.5. The average molecular weight is 535 g/mol. The number of fused-ring (bicyclic) bond motifs is 3. The molecule has 2 aromatic carbocycles. The van der Waals surface area contributed by atoms with Crippen LogP contribution >= 0.6 is 0 Å². The van der Waals surface area contributed by atoms with E-state index in [1.807, 2.05) is 0 Å². The van der Waals surface area contributed by atoms with Gasteiger partial charge in [-0.1, -0.05) is 90.8 Å². The van der Waals surface area contributed by atoms with Gasteiger partial charge in [0.25, 0.3) is 0 Å². The van der Waals surface area contributed by atoms with Crippen LogP contribution in [0.3, 0.4) is 0 Å². The highest BCUT2D eigenvalue weighted by atomic mass is 16.7. The van der Waals surface area contributed by atoms with Crippen molar-refractivity contribution in [3.8, 4) is 22.6 Å². The molecule has 2 fully saturated rings. The summed E-state index contributed by atoms with van der Waals surface area (Å²) in [6.07, 6.45) is 7.33. The molecule has 3 aliphatic rings. The van der Waals surface area contributed by atoms with Crippen LogP contribution in [0.15, 0.2) is 36.4 Å². The molecule has 6 atom stereocenters. The fourth-order valence-corrected chi connectivity index (χ4v) is 8.51. The zero-order valence-corrected chi connectivity index (χ0v) is 25.0. The van der Waals surface area contributed by atoms with E-state index < -0.39 is 11.2 Å². The molecular weight excluding hydrogens is 484 g/mol. The van der Waals surface area contributed by atoms with Crippen LogP contribution in [0.2, 0.25) is 0 Å². The van der Waals surface area contributed by atoms with Crippen molar-refractivity contribution in [3.05, 3.63) is 47.5 Å². The first-order valence-electron chi connectivity index (χ1n) is 15.4. The molecule has 0 aromatic heterocycles. The van der Waals surface area contributed by atoms with E-state index in [2.05, 4.69) is 77.9 Å². The lowest BCUT2D eigenvalue weighted by molar-refractivity contribution is -0.0800. The molecule has 0 spiro atoms. The van der Waals surface area contributed by atoms with E-state index in [-0.39, 0.29) is 18.6 Å². The van der Waals surface area contributed by atoms with Gasteiger partial charge in [-0.25, -0.2) is 0 Å². The molecule has 39 heavy (non-hydrogen) atoms. The third-order valence-corrected chi connectivity index (χ3v) is 10.2. The lowest BCUT2D eigenvalue weighted by Crippen LogP contribution is -2.47. The second-order valence-corrected chi connectivity index (χ2v) is 14.0. The normalized spacial score (nSPS) is 32.7. The SMILES string of the molecule is CC(C)[C@H]1CC[C@H](C)C[C@@]1(O)Cc1cccc2c1OCOc1c(C[C@]3(O)C[C@H](C)CC[C@H]3C(C)C)cccc1-2. The largest absolute Gasteiger partial charge is 0.457 e. The molecule has 0 bridgehead atoms. The first-order valence-corrected chi connectivity index (χ1v) is 15.4. The van der Waals surface area contributed by atoms with E-state index in [1.54, 1.807) is 0 Å². The quantitative estimate of drug-likeness (QED) is 0.397. The lowest BCUT2D eigenvalue weighted by atomic mass is 9.64. The van der Waals surface area contributed by atoms with E-state index in [0.29, 0.717) is 36.5 Å². The van der Waals surface area contributed by atoms with Crippen LogP contribution < -0.4 is 9.47 Å². The van der Waals surface area contributed by atoms with E-state index in [0.717, 1.165) is 59.4 Å². The van der Waals surface area contributed by atoms with Crippen molar-refractivity contribution in [1.82, 2.24) is 0 Å². The van der Waals surface area contributed by atoms with Gasteiger partial charge in [0.15, 0.2) is 0 Å². The van der Waals surface area contributed by atoms with E-state index in [4.69, 9.17) is 9.47 Å². The predicted octanol–water partition coefficient (Wildman–Crippen LogP) is 7.81. The molecule has 2 saturated carbocycles. The van der Waals surface area contributed by atoms with Gasteiger partial charge in [-0.15, -0.1) is 0 Å². The maximum absolute atomic E-state index is 12.0. The number of aliphatic hydroxyl groups is 2. The minimum absolute atomic E-state index is 0.124. The molecule has 4 heteroatoms. The Bertz CT molecular complexity index is 1070. The van der Waals surface area contributed by atoms with Crippen molar-refractivity contribution in [2.75, 3.05) is 6.79 Å². The molecule has 1 aliphatic heterocycles. The van der Waals surface area contributed by atoms with Gasteiger partial charge in [0.1, 0.15) is 11.5 Å². The van der Waals surface area contributed by atoms with Crippen LogP contribution in [0.1, 0.15) is 91.2 Å². The lowest BCUT2D eigenvalue weighted by Gasteiger charge is -2.45.